The molecule has 0 saturated carbocycles. The van der Waals surface area contributed by atoms with Gasteiger partial charge < -0.3 is 9.84 Å². The van der Waals surface area contributed by atoms with Gasteiger partial charge in [0.15, 0.2) is 0 Å². The van der Waals surface area contributed by atoms with Crippen LogP contribution in [0.5, 0.6) is 11.5 Å². The molecule has 1 aromatic heterocycles. The summed E-state index contributed by atoms with van der Waals surface area (Å²) in [5, 5.41) is 14.6. The van der Waals surface area contributed by atoms with Gasteiger partial charge in [-0.3, -0.25) is 0 Å². The van der Waals surface area contributed by atoms with Gasteiger partial charge in [0.25, 0.3) is 5.95 Å². The van der Waals surface area contributed by atoms with Crippen molar-refractivity contribution < 1.29 is 9.84 Å². The van der Waals surface area contributed by atoms with Crippen molar-refractivity contribution in [2.75, 3.05) is 7.11 Å². The van der Waals surface area contributed by atoms with Crippen LogP contribution in [-0.2, 0) is 0 Å². The van der Waals surface area contributed by atoms with Gasteiger partial charge >= 0.3 is 0 Å². The van der Waals surface area contributed by atoms with Crippen LogP contribution >= 0.6 is 15.9 Å². The van der Waals surface area contributed by atoms with Gasteiger partial charge in [-0.25, -0.2) is 14.7 Å². The average Bonchev–Trinajstić information content (AvgIpc) is 3.22. The molecule has 0 aliphatic heterocycles. The van der Waals surface area contributed by atoms with Crippen LogP contribution < -0.4 is 4.74 Å². The molecule has 0 aliphatic rings. The number of methoxy groups -OCH3 is 1. The number of imidazole rings is 1. The Labute approximate surface area is 188 Å². The van der Waals surface area contributed by atoms with E-state index in [4.69, 9.17) is 4.74 Å². The number of halogens is 1. The molecule has 31 heavy (non-hydrogen) atoms. The zero-order valence-corrected chi connectivity index (χ0v) is 18.3. The number of rotatable bonds is 6. The molecule has 7 heteroatoms. The Morgan fingerprint density at radius 1 is 1.00 bits per heavy atom. The van der Waals surface area contributed by atoms with E-state index < -0.39 is 0 Å². The van der Waals surface area contributed by atoms with E-state index in [1.807, 2.05) is 60.8 Å². The fraction of sp³-hybridized carbons (Fsp3) is 0.0417. The minimum absolute atomic E-state index is 0.134. The highest BCUT2D eigenvalue weighted by Crippen LogP contribution is 2.24. The zero-order chi connectivity index (χ0) is 21.6. The first-order chi connectivity index (χ1) is 15.1. The molecule has 1 N–H and O–H groups in total. The van der Waals surface area contributed by atoms with E-state index in [1.54, 1.807) is 42.4 Å². The Bertz CT molecular complexity index is 1230. The lowest BCUT2D eigenvalue weighted by molar-refractivity contribution is 0.415. The second-order valence-corrected chi connectivity index (χ2v) is 7.53. The average molecular weight is 475 g/mol. The smallest absolute Gasteiger partial charge is 0.251 e. The molecule has 0 fully saturated rings. The molecule has 4 rings (SSSR count). The van der Waals surface area contributed by atoms with Crippen molar-refractivity contribution in [3.63, 3.8) is 0 Å². The molecule has 0 spiro atoms. The lowest BCUT2D eigenvalue weighted by atomic mass is 10.2. The fourth-order valence-electron chi connectivity index (χ4n) is 2.86. The largest absolute Gasteiger partial charge is 0.507 e. The van der Waals surface area contributed by atoms with Crippen molar-refractivity contribution in [1.29, 1.82) is 0 Å². The van der Waals surface area contributed by atoms with Crippen LogP contribution in [0.3, 0.4) is 0 Å². The Balaban J connectivity index is 1.70. The van der Waals surface area contributed by atoms with Crippen LogP contribution in [0.4, 0.5) is 5.95 Å². The molecule has 1 heterocycles. The van der Waals surface area contributed by atoms with Crippen LogP contribution in [0, 0.1) is 0 Å². The van der Waals surface area contributed by atoms with Crippen molar-refractivity contribution in [3.8, 4) is 22.8 Å². The van der Waals surface area contributed by atoms with Crippen LogP contribution in [0.1, 0.15) is 11.1 Å². The number of benzene rings is 3. The standard InChI is InChI=1S/C24H19BrN4O2/c1-31-21-10-7-17(8-11-21)14-27-29-16-22(18-5-3-2-4-6-18)28-24(29)26-15-19-13-20(25)9-12-23(19)30/h2-16,30H,1H3/b26-15?,27-14-. The summed E-state index contributed by atoms with van der Waals surface area (Å²) in [6.45, 7) is 0. The first-order valence-corrected chi connectivity index (χ1v) is 10.3. The number of hydrogen-bond donors (Lipinski definition) is 1. The molecule has 4 aromatic rings. The lowest BCUT2D eigenvalue weighted by Crippen LogP contribution is -1.90. The fourth-order valence-corrected chi connectivity index (χ4v) is 3.24. The summed E-state index contributed by atoms with van der Waals surface area (Å²) in [7, 11) is 1.63. The van der Waals surface area contributed by atoms with E-state index in [0.717, 1.165) is 27.0 Å². The topological polar surface area (TPSA) is 72.0 Å². The lowest BCUT2D eigenvalue weighted by Gasteiger charge is -2.00. The molecular weight excluding hydrogens is 456 g/mol. The summed E-state index contributed by atoms with van der Waals surface area (Å²) in [6.07, 6.45) is 5.12. The van der Waals surface area contributed by atoms with E-state index in [0.29, 0.717) is 11.5 Å². The Morgan fingerprint density at radius 2 is 1.77 bits per heavy atom. The highest BCUT2D eigenvalue weighted by molar-refractivity contribution is 9.10. The highest BCUT2D eigenvalue weighted by atomic mass is 79.9. The van der Waals surface area contributed by atoms with Gasteiger partial charge in [0.2, 0.25) is 0 Å². The van der Waals surface area contributed by atoms with Crippen molar-refractivity contribution >= 4 is 34.3 Å². The molecule has 0 saturated heterocycles. The van der Waals surface area contributed by atoms with Gasteiger partial charge in [0.05, 0.1) is 25.2 Å². The van der Waals surface area contributed by atoms with Gasteiger partial charge in [-0.2, -0.15) is 5.10 Å². The minimum Gasteiger partial charge on any atom is -0.507 e. The van der Waals surface area contributed by atoms with Gasteiger partial charge in [-0.05, 0) is 48.0 Å². The van der Waals surface area contributed by atoms with Gasteiger partial charge in [0.1, 0.15) is 11.5 Å². The molecule has 0 amide bonds. The van der Waals surface area contributed by atoms with Crippen LogP contribution in [0.15, 0.2) is 93.6 Å². The molecule has 0 aliphatic carbocycles. The third kappa shape index (κ3) is 5.07. The molecule has 0 atom stereocenters. The Morgan fingerprint density at radius 3 is 2.52 bits per heavy atom. The first-order valence-electron chi connectivity index (χ1n) is 9.48. The van der Waals surface area contributed by atoms with E-state index in [2.05, 4.69) is 31.0 Å². The highest BCUT2D eigenvalue weighted by Gasteiger charge is 2.09. The molecule has 154 valence electrons. The van der Waals surface area contributed by atoms with E-state index in [-0.39, 0.29) is 5.75 Å². The first kappa shape index (κ1) is 20.6. The van der Waals surface area contributed by atoms with Gasteiger partial charge in [-0.15, -0.1) is 0 Å². The summed E-state index contributed by atoms with van der Waals surface area (Å²) >= 11 is 3.41. The molecule has 0 bridgehead atoms. The molecule has 0 unspecified atom stereocenters. The second kappa shape index (κ2) is 9.40. The molecule has 0 radical (unpaired) electrons. The maximum Gasteiger partial charge on any atom is 0.251 e. The summed E-state index contributed by atoms with van der Waals surface area (Å²) < 4.78 is 7.65. The number of aromatic hydroxyl groups is 1. The van der Waals surface area contributed by atoms with E-state index >= 15 is 0 Å². The third-order valence-corrected chi connectivity index (χ3v) is 4.99. The number of phenolic OH excluding ortho intramolecular Hbond substituents is 1. The van der Waals surface area contributed by atoms with Crippen molar-refractivity contribution in [1.82, 2.24) is 9.66 Å². The molecule has 6 nitrogen and oxygen atoms in total. The number of aromatic nitrogens is 2. The van der Waals surface area contributed by atoms with Crippen LogP contribution in [0.25, 0.3) is 11.3 Å². The summed E-state index contributed by atoms with van der Waals surface area (Å²) in [5.74, 6) is 1.31. The van der Waals surface area contributed by atoms with Crippen molar-refractivity contribution in [2.24, 2.45) is 10.1 Å². The van der Waals surface area contributed by atoms with Crippen LogP contribution in [0.2, 0.25) is 0 Å². The second-order valence-electron chi connectivity index (χ2n) is 6.62. The van der Waals surface area contributed by atoms with Crippen molar-refractivity contribution in [2.45, 2.75) is 0 Å². The Hall–Kier alpha value is -3.71. The number of hydrogen-bond acceptors (Lipinski definition) is 5. The van der Waals surface area contributed by atoms with Gasteiger partial charge in [-0.1, -0.05) is 46.3 Å². The monoisotopic (exact) mass is 474 g/mol. The number of phenols is 1. The Kier molecular flexibility index (Phi) is 6.24. The van der Waals surface area contributed by atoms with Crippen molar-refractivity contribution in [3.05, 3.63) is 94.6 Å². The summed E-state index contributed by atoms with van der Waals surface area (Å²) in [5.41, 5.74) is 3.19. The summed E-state index contributed by atoms with van der Waals surface area (Å²) in [4.78, 5) is 9.10. The normalized spacial score (nSPS) is 11.4. The SMILES string of the molecule is COc1ccc(/C=N\n2cc(-c3ccccc3)nc2N=Cc2cc(Br)ccc2O)cc1. The maximum atomic E-state index is 10.1. The van der Waals surface area contributed by atoms with Crippen LogP contribution in [-0.4, -0.2) is 34.3 Å². The predicted molar refractivity (Wildman–Crippen MR) is 127 cm³/mol. The number of nitrogens with zero attached hydrogens (tertiary/aromatic N) is 4. The van der Waals surface area contributed by atoms with Gasteiger partial charge in [0, 0.05) is 21.8 Å². The third-order valence-electron chi connectivity index (χ3n) is 4.50. The number of ether oxygens (including phenoxy) is 1. The molecular formula is C24H19BrN4O2. The molecule has 3 aromatic carbocycles. The number of aliphatic imine (C=N–C) groups is 1. The minimum atomic E-state index is 0.134. The quantitative estimate of drug-likeness (QED) is 0.366. The summed E-state index contributed by atoms with van der Waals surface area (Å²) in [6, 6.07) is 22.6. The zero-order valence-electron chi connectivity index (χ0n) is 16.7. The maximum absolute atomic E-state index is 10.1. The van der Waals surface area contributed by atoms with E-state index in [9.17, 15) is 5.11 Å². The van der Waals surface area contributed by atoms with E-state index in [1.165, 1.54) is 0 Å². The predicted octanol–water partition coefficient (Wildman–Crippen LogP) is 5.66.